The van der Waals surface area contributed by atoms with Gasteiger partial charge in [-0.15, -0.1) is 22.7 Å². The Morgan fingerprint density at radius 2 is 1.81 bits per heavy atom. The first-order chi connectivity index (χ1) is 25.1. The highest BCUT2D eigenvalue weighted by Crippen LogP contribution is 2.46. The highest BCUT2D eigenvalue weighted by molar-refractivity contribution is 7.23. The lowest BCUT2D eigenvalue weighted by molar-refractivity contribution is -0.000511. The van der Waals surface area contributed by atoms with Crippen LogP contribution in [0.25, 0.3) is 9.75 Å². The maximum atomic E-state index is 15.7. The number of carbonyl (C=O) groups excluding carboxylic acids is 3. The molecule has 0 bridgehead atoms. The van der Waals surface area contributed by atoms with Crippen molar-refractivity contribution in [3.63, 3.8) is 0 Å². The van der Waals surface area contributed by atoms with Crippen LogP contribution in [0, 0.1) is 24.0 Å². The van der Waals surface area contributed by atoms with Crippen LogP contribution in [0.1, 0.15) is 59.9 Å². The summed E-state index contributed by atoms with van der Waals surface area (Å²) < 4.78 is 35.7. The molecule has 3 aliphatic rings. The summed E-state index contributed by atoms with van der Waals surface area (Å²) in [5.41, 5.74) is 3.19. The van der Waals surface area contributed by atoms with Crippen LogP contribution in [0.5, 0.6) is 0 Å². The number of rotatable bonds is 7. The summed E-state index contributed by atoms with van der Waals surface area (Å²) in [6.45, 7) is 5.22. The minimum atomic E-state index is -0.759. The fourth-order valence-corrected chi connectivity index (χ4v) is 9.73. The first-order valence-electron chi connectivity index (χ1n) is 17.0. The Balaban J connectivity index is 0.981. The van der Waals surface area contributed by atoms with E-state index in [2.05, 4.69) is 15.2 Å². The minimum Gasteiger partial charge on any atom is -0.381 e. The number of ether oxygens (including phenoxy) is 1. The maximum Gasteiger partial charge on any atom is 0.261 e. The van der Waals surface area contributed by atoms with E-state index in [1.807, 2.05) is 18.4 Å². The van der Waals surface area contributed by atoms with Crippen LogP contribution in [0.3, 0.4) is 0 Å². The van der Waals surface area contributed by atoms with Gasteiger partial charge in [-0.1, -0.05) is 17.7 Å². The molecule has 0 unspecified atom stereocenters. The third-order valence-corrected chi connectivity index (χ3v) is 12.7. The summed E-state index contributed by atoms with van der Waals surface area (Å²) in [5, 5.41) is 4.86. The topological polar surface area (TPSA) is 91.8 Å². The molecule has 5 aromatic rings. The normalized spacial score (nSPS) is 16.2. The molecule has 0 saturated carbocycles. The summed E-state index contributed by atoms with van der Waals surface area (Å²) >= 11 is 8.90. The van der Waals surface area contributed by atoms with E-state index in [1.165, 1.54) is 46.9 Å². The van der Waals surface area contributed by atoms with E-state index in [0.29, 0.717) is 28.4 Å². The fourth-order valence-electron chi connectivity index (χ4n) is 7.27. The van der Waals surface area contributed by atoms with Crippen LogP contribution in [-0.4, -0.2) is 55.4 Å². The Morgan fingerprint density at radius 3 is 2.58 bits per heavy atom. The molecule has 3 aliphatic heterocycles. The lowest BCUT2D eigenvalue weighted by Gasteiger charge is -2.53. The number of carbonyl (C=O) groups is 3. The van der Waals surface area contributed by atoms with Gasteiger partial charge in [-0.3, -0.25) is 14.4 Å². The van der Waals surface area contributed by atoms with Crippen molar-refractivity contribution in [3.8, 4) is 9.75 Å². The van der Waals surface area contributed by atoms with E-state index in [4.69, 9.17) is 16.3 Å². The van der Waals surface area contributed by atoms with E-state index >= 15 is 4.39 Å². The Bertz CT molecular complexity index is 2220. The van der Waals surface area contributed by atoms with E-state index in [-0.39, 0.29) is 46.0 Å². The third-order valence-electron chi connectivity index (χ3n) is 10.1. The van der Waals surface area contributed by atoms with Gasteiger partial charge in [-0.2, -0.15) is 0 Å². The number of ketones is 1. The van der Waals surface area contributed by atoms with Gasteiger partial charge in [0.2, 0.25) is 0 Å². The zero-order valence-electron chi connectivity index (χ0n) is 28.1. The summed E-state index contributed by atoms with van der Waals surface area (Å²) in [6, 6.07) is 13.8. The van der Waals surface area contributed by atoms with Gasteiger partial charge in [-0.25, -0.2) is 13.8 Å². The second-order valence-electron chi connectivity index (χ2n) is 13.6. The Kier molecular flexibility index (Phi) is 9.19. The van der Waals surface area contributed by atoms with Crippen molar-refractivity contribution in [2.45, 2.75) is 32.6 Å². The first-order valence-corrected chi connectivity index (χ1v) is 19.1. The van der Waals surface area contributed by atoms with Crippen LogP contribution >= 0.6 is 34.3 Å². The fraction of sp³-hybridized carbons (Fsp3) is 0.282. The minimum absolute atomic E-state index is 0.127. The Hall–Kier alpha value is -4.49. The number of pyridine rings is 1. The summed E-state index contributed by atoms with van der Waals surface area (Å²) in [6.07, 6.45) is 3.97. The van der Waals surface area contributed by atoms with Crippen molar-refractivity contribution >= 4 is 69.1 Å². The molecule has 0 atom stereocenters. The standard InChI is InChI=1S/C39H33ClF2N4O4S2/c1-22-15-27(36(43-19-22)45-20-39(21-45)9-12-50-13-10-39)37(48)44-24-5-6-25(30(42)17-24)38(49)46-11-7-23-16-33(52-34(23)35-31(46)8-14-51-35)32(47)18-26-28(40)3-2-4-29(26)41/h2-6,8,14-17,19H,7,9-13,18,20-21H2,1H3,(H,44,48). The van der Waals surface area contributed by atoms with Gasteiger partial charge in [0.05, 0.1) is 31.4 Å². The number of amides is 2. The molecule has 2 amide bonds. The number of nitrogens with one attached hydrogen (secondary N) is 1. The van der Waals surface area contributed by atoms with Gasteiger partial charge in [0, 0.05) is 67.2 Å². The summed E-state index contributed by atoms with van der Waals surface area (Å²) in [4.78, 5) is 51.1. The molecule has 8 nitrogen and oxygen atoms in total. The van der Waals surface area contributed by atoms with Crippen LogP contribution in [0.15, 0.2) is 66.2 Å². The van der Waals surface area contributed by atoms with Crippen molar-refractivity contribution in [2.24, 2.45) is 5.41 Å². The molecule has 8 rings (SSSR count). The number of fused-ring (bicyclic) bond motifs is 3. The molecule has 2 saturated heterocycles. The molecule has 3 aromatic heterocycles. The number of thiophene rings is 2. The van der Waals surface area contributed by atoms with Gasteiger partial charge in [-0.05, 0) is 91.2 Å². The summed E-state index contributed by atoms with van der Waals surface area (Å²) in [5.74, 6) is -1.86. The molecule has 52 heavy (non-hydrogen) atoms. The van der Waals surface area contributed by atoms with E-state index in [1.54, 1.807) is 29.3 Å². The number of Topliss-reactive ketones (excluding diaryl/α,β-unsaturated/α-hetero) is 1. The van der Waals surface area contributed by atoms with Gasteiger partial charge in [0.25, 0.3) is 11.8 Å². The lowest BCUT2D eigenvalue weighted by atomic mass is 9.73. The van der Waals surface area contributed by atoms with Crippen molar-refractivity contribution in [2.75, 3.05) is 48.0 Å². The quantitative estimate of drug-likeness (QED) is 0.167. The van der Waals surface area contributed by atoms with E-state index in [0.717, 1.165) is 66.1 Å². The molecule has 6 heterocycles. The molecule has 13 heteroatoms. The number of anilines is 3. The zero-order chi connectivity index (χ0) is 36.1. The zero-order valence-corrected chi connectivity index (χ0v) is 30.5. The molecular formula is C39H33ClF2N4O4S2. The second-order valence-corrected chi connectivity index (χ2v) is 16.0. The third kappa shape index (κ3) is 6.42. The molecule has 1 N–H and O–H groups in total. The number of halogens is 3. The van der Waals surface area contributed by atoms with Crippen LogP contribution in [0.2, 0.25) is 5.02 Å². The van der Waals surface area contributed by atoms with Gasteiger partial charge >= 0.3 is 0 Å². The molecule has 2 aromatic carbocycles. The predicted molar refractivity (Wildman–Crippen MR) is 200 cm³/mol. The van der Waals surface area contributed by atoms with Gasteiger partial charge in [0.1, 0.15) is 17.5 Å². The van der Waals surface area contributed by atoms with Crippen LogP contribution < -0.4 is 15.1 Å². The number of aromatic nitrogens is 1. The molecule has 2 fully saturated rings. The smallest absolute Gasteiger partial charge is 0.261 e. The lowest BCUT2D eigenvalue weighted by Crippen LogP contribution is -2.59. The Labute approximate surface area is 312 Å². The van der Waals surface area contributed by atoms with Crippen LogP contribution in [0.4, 0.5) is 26.0 Å². The monoisotopic (exact) mass is 758 g/mol. The molecule has 0 radical (unpaired) electrons. The van der Waals surface area contributed by atoms with E-state index < -0.39 is 23.4 Å². The molecule has 1 spiro atoms. The SMILES string of the molecule is Cc1cnc(N2CC3(CCOCC3)C2)c(C(=O)Nc2ccc(C(=O)N3CCc4cc(C(=O)Cc5c(F)cccc5Cl)sc4-c4sccc43)c(F)c2)c1. The second kappa shape index (κ2) is 13.8. The number of hydrogen-bond acceptors (Lipinski definition) is 8. The number of hydrogen-bond donors (Lipinski definition) is 1. The molecule has 0 aliphatic carbocycles. The van der Waals surface area contributed by atoms with Gasteiger partial charge in [0.15, 0.2) is 5.78 Å². The Morgan fingerprint density at radius 1 is 1.00 bits per heavy atom. The highest BCUT2D eigenvalue weighted by atomic mass is 35.5. The number of benzene rings is 2. The summed E-state index contributed by atoms with van der Waals surface area (Å²) in [7, 11) is 0. The van der Waals surface area contributed by atoms with Crippen molar-refractivity contribution in [1.29, 1.82) is 0 Å². The largest absolute Gasteiger partial charge is 0.381 e. The average molecular weight is 759 g/mol. The van der Waals surface area contributed by atoms with Crippen molar-refractivity contribution < 1.29 is 27.9 Å². The molecular weight excluding hydrogens is 726 g/mol. The van der Waals surface area contributed by atoms with Crippen LogP contribution in [-0.2, 0) is 17.6 Å². The molecule has 266 valence electrons. The first kappa shape index (κ1) is 34.6. The highest BCUT2D eigenvalue weighted by Gasteiger charge is 2.45. The number of nitrogens with zero attached hydrogens (tertiary/aromatic N) is 3. The predicted octanol–water partition coefficient (Wildman–Crippen LogP) is 8.61. The van der Waals surface area contributed by atoms with E-state index in [9.17, 15) is 18.8 Å². The van der Waals surface area contributed by atoms with Gasteiger partial charge < -0.3 is 19.9 Å². The van der Waals surface area contributed by atoms with Crippen molar-refractivity contribution in [3.05, 3.63) is 116 Å². The van der Waals surface area contributed by atoms with Crippen molar-refractivity contribution in [1.82, 2.24) is 4.98 Å². The number of aryl methyl sites for hydroxylation is 1. The average Bonchev–Trinajstić information content (AvgIpc) is 3.74. The maximum absolute atomic E-state index is 15.7.